The minimum Gasteiger partial charge on any atom is -0.475 e. The van der Waals surface area contributed by atoms with Crippen molar-refractivity contribution in [1.82, 2.24) is 20.4 Å². The molecule has 2 aliphatic heterocycles. The number of aliphatic carboxylic acids is 2. The molecule has 2 saturated heterocycles. The van der Waals surface area contributed by atoms with Crippen LogP contribution >= 0.6 is 0 Å². The molecule has 1 amide bonds. The number of carboxylic acid groups (broad SMARTS) is 2. The number of hydrogen-bond acceptors (Lipinski definition) is 8. The first kappa shape index (κ1) is 31.5. The van der Waals surface area contributed by atoms with Crippen molar-refractivity contribution in [2.45, 2.75) is 31.4 Å². The Hall–Kier alpha value is -3.73. The van der Waals surface area contributed by atoms with E-state index in [1.165, 1.54) is 11.8 Å². The highest BCUT2D eigenvalue weighted by molar-refractivity contribution is 5.91. The number of pyridine rings is 1. The average Bonchev–Trinajstić information content (AvgIpc) is 3.53. The molecule has 0 spiro atoms. The summed E-state index contributed by atoms with van der Waals surface area (Å²) in [6.07, 6.45) is -3.83. The predicted octanol–water partition coefficient (Wildman–Crippen LogP) is 2.60. The van der Waals surface area contributed by atoms with Crippen LogP contribution in [0.2, 0.25) is 0 Å². The van der Waals surface area contributed by atoms with Crippen LogP contribution < -0.4 is 5.32 Å². The molecule has 0 unspecified atom stereocenters. The molecule has 2 aliphatic rings. The van der Waals surface area contributed by atoms with Gasteiger partial charge in [-0.1, -0.05) is 5.16 Å². The van der Waals surface area contributed by atoms with Gasteiger partial charge in [0.05, 0.1) is 18.9 Å². The first-order valence-electron chi connectivity index (χ1n) is 11.2. The Morgan fingerprint density at radius 3 is 2.10 bits per heavy atom. The smallest absolute Gasteiger partial charge is 0.475 e. The summed E-state index contributed by atoms with van der Waals surface area (Å²) in [6, 6.07) is 5.68. The van der Waals surface area contributed by atoms with Crippen LogP contribution in [0.1, 0.15) is 22.5 Å². The first-order valence-corrected chi connectivity index (χ1v) is 11.2. The zero-order valence-corrected chi connectivity index (χ0v) is 20.0. The third-order valence-corrected chi connectivity index (χ3v) is 5.66. The summed E-state index contributed by atoms with van der Waals surface area (Å²) >= 11 is 0. The number of aromatic nitrogens is 2. The molecule has 0 aromatic carbocycles. The van der Waals surface area contributed by atoms with Gasteiger partial charge in [0, 0.05) is 44.0 Å². The van der Waals surface area contributed by atoms with Gasteiger partial charge < -0.3 is 24.8 Å². The minimum absolute atomic E-state index is 0.0529. The number of ether oxygens (including phenoxy) is 1. The van der Waals surface area contributed by atoms with Gasteiger partial charge in [-0.2, -0.15) is 26.3 Å². The molecule has 3 atom stereocenters. The zero-order valence-electron chi connectivity index (χ0n) is 20.0. The molecule has 2 aromatic heterocycles. The van der Waals surface area contributed by atoms with E-state index in [1.54, 1.807) is 6.07 Å². The van der Waals surface area contributed by atoms with Gasteiger partial charge in [-0.15, -0.1) is 0 Å². The van der Waals surface area contributed by atoms with E-state index >= 15 is 0 Å². The number of piperidine rings is 1. The van der Waals surface area contributed by atoms with Crippen molar-refractivity contribution >= 4 is 17.8 Å². The number of carbonyl (C=O) groups is 3. The van der Waals surface area contributed by atoms with Gasteiger partial charge in [-0.3, -0.25) is 14.7 Å². The zero-order chi connectivity index (χ0) is 29.2. The molecule has 216 valence electrons. The molecule has 17 heteroatoms. The van der Waals surface area contributed by atoms with E-state index in [9.17, 15) is 31.1 Å². The molecule has 0 radical (unpaired) electrons. The van der Waals surface area contributed by atoms with Crippen LogP contribution in [0, 0.1) is 11.8 Å². The van der Waals surface area contributed by atoms with Gasteiger partial charge in [0.25, 0.3) is 5.91 Å². The van der Waals surface area contributed by atoms with Gasteiger partial charge in [0.2, 0.25) is 5.76 Å². The highest BCUT2D eigenvalue weighted by Crippen LogP contribution is 2.34. The molecule has 0 saturated carbocycles. The number of likely N-dealkylation sites (tertiary alicyclic amines) is 1. The maximum Gasteiger partial charge on any atom is 0.490 e. The highest BCUT2D eigenvalue weighted by Gasteiger charge is 2.41. The molecule has 2 fully saturated rings. The lowest BCUT2D eigenvalue weighted by Crippen LogP contribution is -2.45. The third-order valence-electron chi connectivity index (χ3n) is 5.66. The number of halogens is 6. The predicted molar refractivity (Wildman–Crippen MR) is 117 cm³/mol. The maximum absolute atomic E-state index is 12.0. The number of carboxylic acids is 2. The topological polar surface area (TPSA) is 155 Å². The number of nitrogens with one attached hydrogen (secondary N) is 1. The third kappa shape index (κ3) is 10.5. The minimum atomic E-state index is -5.08. The molecule has 11 nitrogen and oxygen atoms in total. The van der Waals surface area contributed by atoms with Crippen molar-refractivity contribution in [3.05, 3.63) is 48.1 Å². The fourth-order valence-electron chi connectivity index (χ4n) is 3.81. The second-order valence-electron chi connectivity index (χ2n) is 8.37. The Labute approximate surface area is 216 Å². The first-order chi connectivity index (χ1) is 18.2. The summed E-state index contributed by atoms with van der Waals surface area (Å²) in [4.78, 5) is 36.3. The average molecular weight is 570 g/mol. The van der Waals surface area contributed by atoms with Crippen molar-refractivity contribution in [2.24, 2.45) is 11.8 Å². The number of hydrogen-bond donors (Lipinski definition) is 3. The van der Waals surface area contributed by atoms with Crippen LogP contribution in [-0.2, 0) is 20.9 Å². The van der Waals surface area contributed by atoms with Gasteiger partial charge in [-0.25, -0.2) is 9.59 Å². The fourth-order valence-corrected chi connectivity index (χ4v) is 3.81. The van der Waals surface area contributed by atoms with Gasteiger partial charge in [0.1, 0.15) is 0 Å². The Balaban J connectivity index is 0.000000317. The lowest BCUT2D eigenvalue weighted by atomic mass is 9.84. The highest BCUT2D eigenvalue weighted by atomic mass is 19.4. The van der Waals surface area contributed by atoms with Crippen LogP contribution in [0.4, 0.5) is 26.3 Å². The lowest BCUT2D eigenvalue weighted by molar-refractivity contribution is -0.193. The number of nitrogens with zero attached hydrogens (tertiary/aromatic N) is 3. The second-order valence-corrected chi connectivity index (χ2v) is 8.37. The number of carbonyl (C=O) groups excluding carboxylic acids is 1. The van der Waals surface area contributed by atoms with Gasteiger partial charge >= 0.3 is 24.3 Å². The summed E-state index contributed by atoms with van der Waals surface area (Å²) in [6.45, 7) is 4.31. The van der Waals surface area contributed by atoms with Crippen molar-refractivity contribution < 1.29 is 60.2 Å². The van der Waals surface area contributed by atoms with E-state index in [0.717, 1.165) is 32.7 Å². The fraction of sp³-hybridized carbons (Fsp3) is 0.500. The number of fused-ring (bicyclic) bond motifs is 1. The Morgan fingerprint density at radius 1 is 1.00 bits per heavy atom. The Kier molecular flexibility index (Phi) is 11.2. The summed E-state index contributed by atoms with van der Waals surface area (Å²) in [7, 11) is 0. The van der Waals surface area contributed by atoms with Crippen molar-refractivity contribution in [3.63, 3.8) is 0 Å². The monoisotopic (exact) mass is 570 g/mol. The molecule has 4 heterocycles. The molecule has 4 rings (SSSR count). The summed E-state index contributed by atoms with van der Waals surface area (Å²) in [5.41, 5.74) is 1.28. The summed E-state index contributed by atoms with van der Waals surface area (Å²) < 4.78 is 74.3. The van der Waals surface area contributed by atoms with E-state index < -0.39 is 24.3 Å². The molecule has 0 aliphatic carbocycles. The maximum atomic E-state index is 12.0. The quantitative estimate of drug-likeness (QED) is 0.457. The largest absolute Gasteiger partial charge is 0.490 e. The Bertz CT molecular complexity index is 1040. The summed E-state index contributed by atoms with van der Waals surface area (Å²) in [5, 5.41) is 20.7. The van der Waals surface area contributed by atoms with Crippen LogP contribution in [0.15, 0.2) is 41.3 Å². The van der Waals surface area contributed by atoms with Crippen LogP contribution in [0.25, 0.3) is 0 Å². The number of amides is 1. The molecule has 2 aromatic rings. The van der Waals surface area contributed by atoms with Crippen molar-refractivity contribution in [2.75, 3.05) is 26.2 Å². The molecule has 3 N–H and O–H groups in total. The van der Waals surface area contributed by atoms with E-state index in [4.69, 9.17) is 29.1 Å². The van der Waals surface area contributed by atoms with Gasteiger partial charge in [-0.05, 0) is 36.6 Å². The normalized spacial score (nSPS) is 20.9. The molecular formula is C22H24F6N4O7. The number of rotatable bonds is 5. The van der Waals surface area contributed by atoms with Crippen LogP contribution in [0.5, 0.6) is 0 Å². The second kappa shape index (κ2) is 13.9. The van der Waals surface area contributed by atoms with Gasteiger partial charge in [0.15, 0.2) is 0 Å². The molecular weight excluding hydrogens is 546 g/mol. The van der Waals surface area contributed by atoms with E-state index in [1.807, 2.05) is 12.4 Å². The van der Waals surface area contributed by atoms with Crippen LogP contribution in [0.3, 0.4) is 0 Å². The summed E-state index contributed by atoms with van der Waals surface area (Å²) in [5.74, 6) is -4.49. The molecule has 39 heavy (non-hydrogen) atoms. The number of alkyl halides is 6. The van der Waals surface area contributed by atoms with E-state index in [0.29, 0.717) is 18.4 Å². The standard InChI is InChI=1S/C18H22N4O3.2C2HF3O2/c23-18(16-3-7-21-25-16)20-9-17-15-11-22(8-4-14(15)12-24-17)10-13-1-5-19-6-2-13;2*3-2(4,5)1(6)7/h1-3,5-7,14-15,17H,4,8-12H2,(H,20,23);2*(H,6,7)/t14-,15-,17+;;/m0../s1. The Morgan fingerprint density at radius 2 is 1.59 bits per heavy atom. The van der Waals surface area contributed by atoms with E-state index in [2.05, 4.69) is 32.5 Å². The van der Waals surface area contributed by atoms with Crippen molar-refractivity contribution in [1.29, 1.82) is 0 Å². The lowest BCUT2D eigenvalue weighted by Gasteiger charge is -2.36. The SMILES string of the molecule is O=C(NC[C@H]1OC[C@@H]2CCN(Cc3ccncc3)C[C@@H]21)c1ccno1.O=C(O)C(F)(F)F.O=C(O)C(F)(F)F. The van der Waals surface area contributed by atoms with Crippen LogP contribution in [-0.4, -0.2) is 87.8 Å². The molecule has 0 bridgehead atoms. The van der Waals surface area contributed by atoms with Crippen molar-refractivity contribution in [3.8, 4) is 0 Å². The van der Waals surface area contributed by atoms with E-state index in [-0.39, 0.29) is 17.8 Å².